The first kappa shape index (κ1) is 12.3. The Hall–Kier alpha value is -0.120. The second-order valence-corrected chi connectivity index (χ2v) is 6.58. The molecule has 0 radical (unpaired) electrons. The average molecular weight is 228 g/mol. The van der Waals surface area contributed by atoms with Crippen LogP contribution in [0.5, 0.6) is 0 Å². The fourth-order valence-electron chi connectivity index (χ4n) is 3.60. The summed E-state index contributed by atoms with van der Waals surface area (Å²) in [6.07, 6.45) is 4.48. The summed E-state index contributed by atoms with van der Waals surface area (Å²) in [6, 6.07) is 0. The van der Waals surface area contributed by atoms with Crippen molar-refractivity contribution in [1.82, 2.24) is 0 Å². The van der Waals surface area contributed by atoms with E-state index in [1.807, 2.05) is 0 Å². The van der Waals surface area contributed by atoms with Crippen LogP contribution < -0.4 is 0 Å². The SMILES string of the molecule is COC1CC(CO)(C2(O)CCC(C)(C)C2)C1. The maximum absolute atomic E-state index is 10.8. The first-order valence-corrected chi connectivity index (χ1v) is 6.23. The minimum Gasteiger partial charge on any atom is -0.396 e. The van der Waals surface area contributed by atoms with Crippen molar-refractivity contribution in [2.45, 2.75) is 57.7 Å². The summed E-state index contributed by atoms with van der Waals surface area (Å²) in [4.78, 5) is 0. The van der Waals surface area contributed by atoms with E-state index in [1.54, 1.807) is 7.11 Å². The number of rotatable bonds is 3. The number of aliphatic hydroxyl groups excluding tert-OH is 1. The van der Waals surface area contributed by atoms with Gasteiger partial charge < -0.3 is 14.9 Å². The molecule has 1 atom stereocenters. The Labute approximate surface area is 97.8 Å². The fourth-order valence-corrected chi connectivity index (χ4v) is 3.60. The van der Waals surface area contributed by atoms with Crippen LogP contribution in [0.15, 0.2) is 0 Å². The van der Waals surface area contributed by atoms with E-state index in [0.29, 0.717) is 0 Å². The molecule has 1 unspecified atom stereocenters. The molecule has 94 valence electrons. The summed E-state index contributed by atoms with van der Waals surface area (Å²) in [5.41, 5.74) is -0.781. The lowest BCUT2D eigenvalue weighted by atomic mass is 9.56. The van der Waals surface area contributed by atoms with Gasteiger partial charge in [-0.2, -0.15) is 0 Å². The van der Waals surface area contributed by atoms with Gasteiger partial charge in [-0.05, 0) is 37.5 Å². The van der Waals surface area contributed by atoms with E-state index >= 15 is 0 Å². The molecule has 3 nitrogen and oxygen atoms in total. The summed E-state index contributed by atoms with van der Waals surface area (Å²) in [6.45, 7) is 4.48. The summed E-state index contributed by atoms with van der Waals surface area (Å²) in [5, 5.41) is 20.4. The van der Waals surface area contributed by atoms with Crippen molar-refractivity contribution >= 4 is 0 Å². The molecule has 0 saturated heterocycles. The standard InChI is InChI=1S/C13H24O3/c1-11(2)4-5-13(15,8-11)12(9-14)6-10(7-12)16-3/h10,14-15H,4-9H2,1-3H3. The molecule has 2 aliphatic rings. The van der Waals surface area contributed by atoms with Crippen LogP contribution in [-0.4, -0.2) is 35.6 Å². The first-order chi connectivity index (χ1) is 7.36. The van der Waals surface area contributed by atoms with E-state index < -0.39 is 5.60 Å². The van der Waals surface area contributed by atoms with E-state index in [1.165, 1.54) is 0 Å². The molecular weight excluding hydrogens is 204 g/mol. The Morgan fingerprint density at radius 1 is 1.25 bits per heavy atom. The van der Waals surface area contributed by atoms with Gasteiger partial charge in [0.15, 0.2) is 0 Å². The van der Waals surface area contributed by atoms with Crippen LogP contribution in [0, 0.1) is 10.8 Å². The molecule has 0 bridgehead atoms. The van der Waals surface area contributed by atoms with E-state index in [4.69, 9.17) is 4.74 Å². The summed E-state index contributed by atoms with van der Waals surface area (Å²) < 4.78 is 5.28. The molecule has 0 aromatic heterocycles. The molecule has 3 heteroatoms. The molecule has 2 aliphatic carbocycles. The van der Waals surface area contributed by atoms with Crippen molar-refractivity contribution in [3.63, 3.8) is 0 Å². The molecule has 0 aromatic rings. The van der Waals surface area contributed by atoms with Gasteiger partial charge in [-0.15, -0.1) is 0 Å². The fraction of sp³-hybridized carbons (Fsp3) is 1.00. The van der Waals surface area contributed by atoms with Gasteiger partial charge in [-0.1, -0.05) is 13.8 Å². The molecule has 0 aliphatic heterocycles. The normalized spacial score (nSPS) is 46.7. The van der Waals surface area contributed by atoms with Crippen LogP contribution in [0.25, 0.3) is 0 Å². The third kappa shape index (κ3) is 1.69. The summed E-state index contributed by atoms with van der Waals surface area (Å²) in [5.74, 6) is 0. The highest BCUT2D eigenvalue weighted by molar-refractivity contribution is 5.11. The summed E-state index contributed by atoms with van der Waals surface area (Å²) >= 11 is 0. The molecule has 2 N–H and O–H groups in total. The van der Waals surface area contributed by atoms with Gasteiger partial charge in [0.25, 0.3) is 0 Å². The number of ether oxygens (including phenoxy) is 1. The van der Waals surface area contributed by atoms with Crippen molar-refractivity contribution in [1.29, 1.82) is 0 Å². The molecule has 0 aromatic carbocycles. The number of hydrogen-bond donors (Lipinski definition) is 2. The summed E-state index contributed by atoms with van der Waals surface area (Å²) in [7, 11) is 1.70. The lowest BCUT2D eigenvalue weighted by Crippen LogP contribution is -2.59. The maximum atomic E-state index is 10.8. The van der Waals surface area contributed by atoms with Crippen LogP contribution in [0.3, 0.4) is 0 Å². The van der Waals surface area contributed by atoms with Crippen LogP contribution in [0.4, 0.5) is 0 Å². The van der Waals surface area contributed by atoms with E-state index in [2.05, 4.69) is 13.8 Å². The minimum absolute atomic E-state index is 0.0828. The lowest BCUT2D eigenvalue weighted by Gasteiger charge is -2.54. The highest BCUT2D eigenvalue weighted by Gasteiger charge is 2.61. The Morgan fingerprint density at radius 2 is 1.88 bits per heavy atom. The minimum atomic E-state index is -0.680. The van der Waals surface area contributed by atoms with Gasteiger partial charge in [-0.25, -0.2) is 0 Å². The highest BCUT2D eigenvalue weighted by Crippen LogP contribution is 2.59. The monoisotopic (exact) mass is 228 g/mol. The van der Waals surface area contributed by atoms with E-state index in [9.17, 15) is 10.2 Å². The van der Waals surface area contributed by atoms with Crippen molar-refractivity contribution in [2.75, 3.05) is 13.7 Å². The third-order valence-corrected chi connectivity index (χ3v) is 4.85. The van der Waals surface area contributed by atoms with Gasteiger partial charge in [0.05, 0.1) is 18.3 Å². The molecule has 0 heterocycles. The van der Waals surface area contributed by atoms with Gasteiger partial charge in [0.2, 0.25) is 0 Å². The number of aliphatic hydroxyl groups is 2. The number of methoxy groups -OCH3 is 1. The zero-order valence-electron chi connectivity index (χ0n) is 10.6. The Morgan fingerprint density at radius 3 is 2.25 bits per heavy atom. The quantitative estimate of drug-likeness (QED) is 0.773. The van der Waals surface area contributed by atoms with E-state index in [0.717, 1.165) is 32.1 Å². The van der Waals surface area contributed by atoms with Crippen molar-refractivity contribution in [3.8, 4) is 0 Å². The molecule has 2 rings (SSSR count). The molecular formula is C13H24O3. The first-order valence-electron chi connectivity index (χ1n) is 6.23. The van der Waals surface area contributed by atoms with Crippen LogP contribution in [0.1, 0.15) is 46.0 Å². The molecule has 0 spiro atoms. The smallest absolute Gasteiger partial charge is 0.0732 e. The molecule has 0 amide bonds. The van der Waals surface area contributed by atoms with E-state index in [-0.39, 0.29) is 23.5 Å². The van der Waals surface area contributed by atoms with Gasteiger partial charge in [0, 0.05) is 12.5 Å². The second-order valence-electron chi connectivity index (χ2n) is 6.58. The average Bonchev–Trinajstić information content (AvgIpc) is 2.41. The van der Waals surface area contributed by atoms with Crippen molar-refractivity contribution in [2.24, 2.45) is 10.8 Å². The van der Waals surface area contributed by atoms with Crippen molar-refractivity contribution in [3.05, 3.63) is 0 Å². The second kappa shape index (κ2) is 3.69. The van der Waals surface area contributed by atoms with Gasteiger partial charge >= 0.3 is 0 Å². The zero-order chi connectivity index (χ0) is 12.0. The van der Waals surface area contributed by atoms with Gasteiger partial charge in [-0.3, -0.25) is 0 Å². The zero-order valence-corrected chi connectivity index (χ0v) is 10.6. The largest absolute Gasteiger partial charge is 0.396 e. The van der Waals surface area contributed by atoms with Crippen molar-refractivity contribution < 1.29 is 14.9 Å². The predicted molar refractivity (Wildman–Crippen MR) is 62.1 cm³/mol. The Balaban J connectivity index is 2.11. The topological polar surface area (TPSA) is 49.7 Å². The van der Waals surface area contributed by atoms with Gasteiger partial charge in [0.1, 0.15) is 0 Å². The maximum Gasteiger partial charge on any atom is 0.0732 e. The van der Waals surface area contributed by atoms with Crippen LogP contribution >= 0.6 is 0 Å². The molecule has 2 saturated carbocycles. The Bertz CT molecular complexity index is 268. The highest BCUT2D eigenvalue weighted by atomic mass is 16.5. The lowest BCUT2D eigenvalue weighted by molar-refractivity contribution is -0.197. The molecule has 16 heavy (non-hydrogen) atoms. The van der Waals surface area contributed by atoms with Crippen LogP contribution in [-0.2, 0) is 4.74 Å². The predicted octanol–water partition coefficient (Wildman–Crippen LogP) is 1.72. The third-order valence-electron chi connectivity index (χ3n) is 4.85. The molecule has 2 fully saturated rings. The Kier molecular flexibility index (Phi) is 2.84. The van der Waals surface area contributed by atoms with Crippen LogP contribution in [0.2, 0.25) is 0 Å². The number of hydrogen-bond acceptors (Lipinski definition) is 3.